The van der Waals surface area contributed by atoms with E-state index in [0.717, 1.165) is 11.1 Å². The zero-order chi connectivity index (χ0) is 22.1. The number of hydrogen-bond donors (Lipinski definition) is 1. The number of piperazine rings is 1. The van der Waals surface area contributed by atoms with Crippen LogP contribution in [0.5, 0.6) is 0 Å². The summed E-state index contributed by atoms with van der Waals surface area (Å²) in [5.74, 6) is 0.0447. The number of nitrogens with one attached hydrogen (secondary N) is 1. The van der Waals surface area contributed by atoms with Gasteiger partial charge in [-0.3, -0.25) is 14.4 Å². The molecule has 1 unspecified atom stereocenters. The van der Waals surface area contributed by atoms with Crippen LogP contribution in [0, 0.1) is 5.92 Å². The van der Waals surface area contributed by atoms with Gasteiger partial charge in [0.25, 0.3) is 5.91 Å². The Kier molecular flexibility index (Phi) is 5.22. The van der Waals surface area contributed by atoms with Gasteiger partial charge in [0.1, 0.15) is 5.82 Å². The second kappa shape index (κ2) is 8.33. The van der Waals surface area contributed by atoms with Gasteiger partial charge in [-0.1, -0.05) is 30.3 Å². The monoisotopic (exact) mass is 433 g/mol. The molecule has 0 spiro atoms. The minimum Gasteiger partial charge on any atom is -0.459 e. The average molecular weight is 433 g/mol. The van der Waals surface area contributed by atoms with Gasteiger partial charge in [0.15, 0.2) is 5.76 Å². The van der Waals surface area contributed by atoms with Crippen molar-refractivity contribution in [3.8, 4) is 11.1 Å². The molecular weight excluding hydrogens is 410 g/mol. The van der Waals surface area contributed by atoms with Gasteiger partial charge in [0, 0.05) is 38.2 Å². The molecule has 32 heavy (non-hydrogen) atoms. The fraction of sp³-hybridized carbons (Fsp3) is 0.304. The number of furan rings is 1. The first-order valence-corrected chi connectivity index (χ1v) is 10.6. The first-order chi connectivity index (χ1) is 15.6. The summed E-state index contributed by atoms with van der Waals surface area (Å²) in [6.07, 6.45) is 3.32. The van der Waals surface area contributed by atoms with E-state index in [0.29, 0.717) is 44.3 Å². The van der Waals surface area contributed by atoms with Gasteiger partial charge >= 0.3 is 0 Å². The average Bonchev–Trinajstić information content (AvgIpc) is 3.50. The molecule has 1 aromatic carbocycles. The highest BCUT2D eigenvalue weighted by molar-refractivity contribution is 5.99. The molecule has 1 atom stereocenters. The van der Waals surface area contributed by atoms with E-state index in [1.807, 2.05) is 30.3 Å². The predicted molar refractivity (Wildman–Crippen MR) is 116 cm³/mol. The van der Waals surface area contributed by atoms with Gasteiger partial charge in [0.2, 0.25) is 11.8 Å². The van der Waals surface area contributed by atoms with Crippen molar-refractivity contribution >= 4 is 23.5 Å². The normalized spacial score (nSPS) is 18.2. The molecule has 4 heterocycles. The first kappa shape index (κ1) is 20.0. The van der Waals surface area contributed by atoms with Crippen molar-refractivity contribution in [3.05, 3.63) is 60.7 Å². The van der Waals surface area contributed by atoms with Crippen LogP contribution in [0.2, 0.25) is 0 Å². The number of carbonyl (C=O) groups is 3. The Morgan fingerprint density at radius 2 is 1.78 bits per heavy atom. The molecule has 5 rings (SSSR count). The van der Waals surface area contributed by atoms with Crippen molar-refractivity contribution in [2.45, 2.75) is 13.0 Å². The van der Waals surface area contributed by atoms with Gasteiger partial charge in [-0.25, -0.2) is 4.68 Å². The molecule has 0 saturated carbocycles. The summed E-state index contributed by atoms with van der Waals surface area (Å²) in [5, 5.41) is 7.35. The second-order valence-corrected chi connectivity index (χ2v) is 8.00. The van der Waals surface area contributed by atoms with Crippen LogP contribution in [0.4, 0.5) is 5.82 Å². The molecule has 2 aromatic heterocycles. The molecule has 3 amide bonds. The lowest BCUT2D eigenvalue weighted by Gasteiger charge is -2.35. The third-order valence-electron chi connectivity index (χ3n) is 6.00. The topological polar surface area (TPSA) is 101 Å². The maximum Gasteiger partial charge on any atom is 0.289 e. The van der Waals surface area contributed by atoms with Gasteiger partial charge in [-0.2, -0.15) is 5.10 Å². The molecule has 2 aliphatic rings. The summed E-state index contributed by atoms with van der Waals surface area (Å²) < 4.78 is 6.92. The standard InChI is InChI=1S/C23H23N5O4/c29-20(26-8-10-27(11-9-26)23(31)19-7-4-12-32-19)13-17-15-28-21(25-22(17)30)18(14-24-28)16-5-2-1-3-6-16/h1-7,12,14,17H,8-11,13,15H2,(H,25,30). The smallest absolute Gasteiger partial charge is 0.289 e. The molecule has 0 aliphatic carbocycles. The molecule has 0 radical (unpaired) electrons. The zero-order valence-electron chi connectivity index (χ0n) is 17.4. The van der Waals surface area contributed by atoms with Crippen LogP contribution in [-0.2, 0) is 16.1 Å². The number of rotatable bonds is 4. The fourth-order valence-corrected chi connectivity index (χ4v) is 4.21. The first-order valence-electron chi connectivity index (χ1n) is 10.6. The third kappa shape index (κ3) is 3.77. The van der Waals surface area contributed by atoms with Crippen LogP contribution in [0.15, 0.2) is 59.3 Å². The van der Waals surface area contributed by atoms with Gasteiger partial charge < -0.3 is 19.5 Å². The number of hydrogen-bond acceptors (Lipinski definition) is 5. The van der Waals surface area contributed by atoms with E-state index < -0.39 is 5.92 Å². The molecule has 164 valence electrons. The van der Waals surface area contributed by atoms with E-state index in [1.165, 1.54) is 6.26 Å². The molecule has 1 fully saturated rings. The molecule has 0 bridgehead atoms. The Balaban J connectivity index is 1.20. The quantitative estimate of drug-likeness (QED) is 0.679. The van der Waals surface area contributed by atoms with Crippen molar-refractivity contribution in [1.29, 1.82) is 0 Å². The minimum atomic E-state index is -0.485. The Bertz CT molecular complexity index is 1130. The number of nitrogens with zero attached hydrogens (tertiary/aromatic N) is 4. The SMILES string of the molecule is O=C1Nc2c(-c3ccccc3)cnn2CC1CC(=O)N1CCN(C(=O)c2ccco2)CC1. The van der Waals surface area contributed by atoms with Gasteiger partial charge in [-0.15, -0.1) is 0 Å². The fourth-order valence-electron chi connectivity index (χ4n) is 4.21. The van der Waals surface area contributed by atoms with Gasteiger partial charge in [-0.05, 0) is 17.7 Å². The van der Waals surface area contributed by atoms with Crippen LogP contribution in [-0.4, -0.2) is 63.5 Å². The molecule has 3 aromatic rings. The van der Waals surface area contributed by atoms with Crippen molar-refractivity contribution in [2.24, 2.45) is 5.92 Å². The summed E-state index contributed by atoms with van der Waals surface area (Å²) in [6, 6.07) is 13.1. The predicted octanol–water partition coefficient (Wildman–Crippen LogP) is 2.09. The summed E-state index contributed by atoms with van der Waals surface area (Å²) in [4.78, 5) is 41.4. The summed E-state index contributed by atoms with van der Waals surface area (Å²) in [5.41, 5.74) is 1.84. The Labute approximate surface area is 184 Å². The van der Waals surface area contributed by atoms with Crippen molar-refractivity contribution in [1.82, 2.24) is 19.6 Å². The molecule has 9 heteroatoms. The maximum atomic E-state index is 12.9. The largest absolute Gasteiger partial charge is 0.459 e. The van der Waals surface area contributed by atoms with Crippen LogP contribution in [0.25, 0.3) is 11.1 Å². The van der Waals surface area contributed by atoms with E-state index in [2.05, 4.69) is 10.4 Å². The molecular formula is C23H23N5O4. The Morgan fingerprint density at radius 1 is 1.03 bits per heavy atom. The highest BCUT2D eigenvalue weighted by Gasteiger charge is 2.33. The van der Waals surface area contributed by atoms with Crippen molar-refractivity contribution in [3.63, 3.8) is 0 Å². The zero-order valence-corrected chi connectivity index (χ0v) is 17.4. The van der Waals surface area contributed by atoms with E-state index in [4.69, 9.17) is 4.42 Å². The molecule has 1 N–H and O–H groups in total. The van der Waals surface area contributed by atoms with Crippen LogP contribution in [0.1, 0.15) is 17.0 Å². The Morgan fingerprint density at radius 3 is 2.50 bits per heavy atom. The number of fused-ring (bicyclic) bond motifs is 1. The number of carbonyl (C=O) groups excluding carboxylic acids is 3. The third-order valence-corrected chi connectivity index (χ3v) is 6.00. The van der Waals surface area contributed by atoms with E-state index in [1.54, 1.807) is 32.8 Å². The number of amides is 3. The highest BCUT2D eigenvalue weighted by Crippen LogP contribution is 2.32. The summed E-state index contributed by atoms with van der Waals surface area (Å²) in [6.45, 7) is 2.10. The van der Waals surface area contributed by atoms with Crippen LogP contribution in [0.3, 0.4) is 0 Å². The maximum absolute atomic E-state index is 12.9. The molecule has 9 nitrogen and oxygen atoms in total. The van der Waals surface area contributed by atoms with Crippen molar-refractivity contribution in [2.75, 3.05) is 31.5 Å². The molecule has 2 aliphatic heterocycles. The number of anilines is 1. The summed E-state index contributed by atoms with van der Waals surface area (Å²) in [7, 11) is 0. The lowest BCUT2D eigenvalue weighted by atomic mass is 10.0. The van der Waals surface area contributed by atoms with Crippen LogP contribution < -0.4 is 5.32 Å². The lowest BCUT2D eigenvalue weighted by Crippen LogP contribution is -2.51. The minimum absolute atomic E-state index is 0.0888. The van der Waals surface area contributed by atoms with E-state index >= 15 is 0 Å². The number of benzene rings is 1. The Hall–Kier alpha value is -3.88. The molecule has 1 saturated heterocycles. The van der Waals surface area contributed by atoms with Crippen LogP contribution >= 0.6 is 0 Å². The van der Waals surface area contributed by atoms with E-state index in [-0.39, 0.29) is 24.1 Å². The second-order valence-electron chi connectivity index (χ2n) is 8.00. The van der Waals surface area contributed by atoms with E-state index in [9.17, 15) is 14.4 Å². The summed E-state index contributed by atoms with van der Waals surface area (Å²) >= 11 is 0. The number of aromatic nitrogens is 2. The highest BCUT2D eigenvalue weighted by atomic mass is 16.3. The van der Waals surface area contributed by atoms with Crippen molar-refractivity contribution < 1.29 is 18.8 Å². The lowest BCUT2D eigenvalue weighted by molar-refractivity contribution is -0.136. The van der Waals surface area contributed by atoms with Gasteiger partial charge in [0.05, 0.1) is 24.9 Å².